The van der Waals surface area contributed by atoms with Crippen LogP contribution in [0.3, 0.4) is 0 Å². The molecule has 6 nitrogen and oxygen atoms in total. The third-order valence-corrected chi connectivity index (χ3v) is 5.49. The fraction of sp³-hybridized carbons (Fsp3) is 0.440. The monoisotopic (exact) mass is 424 g/mol. The predicted molar refractivity (Wildman–Crippen MR) is 125 cm³/mol. The van der Waals surface area contributed by atoms with Crippen molar-refractivity contribution in [3.63, 3.8) is 0 Å². The summed E-state index contributed by atoms with van der Waals surface area (Å²) >= 11 is 0. The van der Waals surface area contributed by atoms with E-state index in [-0.39, 0.29) is 11.8 Å². The Labute approximate surface area is 186 Å². The van der Waals surface area contributed by atoms with Gasteiger partial charge in [-0.1, -0.05) is 60.7 Å². The van der Waals surface area contributed by atoms with Crippen molar-refractivity contribution < 1.29 is 9.59 Å². The molecular weight excluding hydrogens is 388 g/mol. The Bertz CT molecular complexity index is 783. The predicted octanol–water partition coefficient (Wildman–Crippen LogP) is 2.26. The van der Waals surface area contributed by atoms with E-state index in [1.807, 2.05) is 48.5 Å². The summed E-state index contributed by atoms with van der Waals surface area (Å²) in [5, 5.41) is 2.98. The highest BCUT2D eigenvalue weighted by Crippen LogP contribution is 2.11. The van der Waals surface area contributed by atoms with Crippen molar-refractivity contribution in [2.75, 3.05) is 20.1 Å². The van der Waals surface area contributed by atoms with Crippen LogP contribution in [-0.2, 0) is 22.4 Å². The summed E-state index contributed by atoms with van der Waals surface area (Å²) in [6, 6.07) is 18.9. The molecule has 168 valence electrons. The molecule has 0 spiro atoms. The number of rotatable bonds is 13. The average Bonchev–Trinajstić information content (AvgIpc) is 2.81. The van der Waals surface area contributed by atoms with Gasteiger partial charge in [0.25, 0.3) is 0 Å². The molecule has 2 rings (SSSR count). The summed E-state index contributed by atoms with van der Waals surface area (Å²) in [4.78, 5) is 27.2. The molecule has 0 unspecified atom stereocenters. The minimum Gasteiger partial charge on any atom is -0.354 e. The first-order chi connectivity index (χ1) is 15.0. The number of likely N-dealkylation sites (N-methyl/N-ethyl adjacent to an activating group) is 1. The molecule has 2 atom stereocenters. The van der Waals surface area contributed by atoms with E-state index in [1.165, 1.54) is 10.5 Å². The van der Waals surface area contributed by atoms with Gasteiger partial charge in [0.15, 0.2) is 0 Å². The van der Waals surface area contributed by atoms with Crippen LogP contribution in [0.4, 0.5) is 0 Å². The maximum absolute atomic E-state index is 12.9. The molecule has 0 radical (unpaired) electrons. The summed E-state index contributed by atoms with van der Waals surface area (Å²) in [5.74, 6) is -0.356. The number of aryl methyl sites for hydroxylation is 2. The highest BCUT2D eigenvalue weighted by Gasteiger charge is 2.29. The molecule has 0 bridgehead atoms. The Kier molecular flexibility index (Phi) is 10.8. The van der Waals surface area contributed by atoms with Gasteiger partial charge in [-0.2, -0.15) is 0 Å². The lowest BCUT2D eigenvalue weighted by atomic mass is 10.0. The number of nitrogens with two attached hydrogens (primary N) is 2. The van der Waals surface area contributed by atoms with E-state index in [4.69, 9.17) is 11.5 Å². The third kappa shape index (κ3) is 8.52. The number of carbonyl (C=O) groups excluding carboxylic acids is 2. The van der Waals surface area contributed by atoms with E-state index in [9.17, 15) is 9.59 Å². The second-order valence-electron chi connectivity index (χ2n) is 7.91. The summed E-state index contributed by atoms with van der Waals surface area (Å²) in [7, 11) is 1.66. The van der Waals surface area contributed by atoms with Crippen LogP contribution in [0.25, 0.3) is 0 Å². The van der Waals surface area contributed by atoms with Gasteiger partial charge >= 0.3 is 0 Å². The maximum atomic E-state index is 12.9. The van der Waals surface area contributed by atoms with Crippen LogP contribution in [0.2, 0.25) is 0 Å². The zero-order chi connectivity index (χ0) is 22.5. The quantitative estimate of drug-likeness (QED) is 0.429. The number of nitrogens with one attached hydrogen (secondary N) is 1. The van der Waals surface area contributed by atoms with Gasteiger partial charge in [0.05, 0.1) is 6.04 Å². The summed E-state index contributed by atoms with van der Waals surface area (Å²) in [6.07, 6.45) is 4.19. The average molecular weight is 425 g/mol. The highest BCUT2D eigenvalue weighted by molar-refractivity contribution is 5.89. The van der Waals surface area contributed by atoms with E-state index >= 15 is 0 Å². The Morgan fingerprint density at radius 3 is 2.06 bits per heavy atom. The van der Waals surface area contributed by atoms with E-state index in [0.717, 1.165) is 24.8 Å². The molecule has 5 N–H and O–H groups in total. The van der Waals surface area contributed by atoms with Crippen LogP contribution in [0.5, 0.6) is 0 Å². The lowest BCUT2D eigenvalue weighted by molar-refractivity contribution is -0.140. The molecule has 0 saturated carbocycles. The van der Waals surface area contributed by atoms with Crippen molar-refractivity contribution in [3.05, 3.63) is 71.8 Å². The molecule has 0 aliphatic rings. The largest absolute Gasteiger partial charge is 0.354 e. The fourth-order valence-electron chi connectivity index (χ4n) is 3.58. The Balaban J connectivity index is 1.85. The molecule has 0 aliphatic carbocycles. The van der Waals surface area contributed by atoms with Gasteiger partial charge in [-0.15, -0.1) is 0 Å². The van der Waals surface area contributed by atoms with Crippen LogP contribution in [0, 0.1) is 0 Å². The third-order valence-electron chi connectivity index (χ3n) is 5.49. The van der Waals surface area contributed by atoms with Crippen LogP contribution >= 0.6 is 0 Å². The number of nitrogens with zero attached hydrogens (tertiary/aromatic N) is 1. The minimum absolute atomic E-state index is 0.146. The first-order valence-corrected chi connectivity index (χ1v) is 11.1. The van der Waals surface area contributed by atoms with Gasteiger partial charge in [0.1, 0.15) is 6.04 Å². The Morgan fingerprint density at radius 1 is 0.903 bits per heavy atom. The van der Waals surface area contributed by atoms with Gasteiger partial charge in [-0.25, -0.2) is 0 Å². The molecule has 0 fully saturated rings. The topological polar surface area (TPSA) is 101 Å². The molecule has 0 aromatic heterocycles. The fourth-order valence-corrected chi connectivity index (χ4v) is 3.58. The lowest BCUT2D eigenvalue weighted by Gasteiger charge is -2.29. The van der Waals surface area contributed by atoms with Gasteiger partial charge in [0.2, 0.25) is 11.8 Å². The molecular formula is C25H36N4O2. The summed E-state index contributed by atoms with van der Waals surface area (Å²) in [6.45, 7) is 1.04. The smallest absolute Gasteiger partial charge is 0.242 e. The van der Waals surface area contributed by atoms with Crippen LogP contribution in [0.1, 0.15) is 36.8 Å². The Morgan fingerprint density at radius 2 is 1.48 bits per heavy atom. The molecule has 6 heteroatoms. The summed E-state index contributed by atoms with van der Waals surface area (Å²) in [5.41, 5.74) is 14.2. The molecule has 31 heavy (non-hydrogen) atoms. The van der Waals surface area contributed by atoms with Gasteiger partial charge in [-0.3, -0.25) is 9.59 Å². The second kappa shape index (κ2) is 13.6. The first-order valence-electron chi connectivity index (χ1n) is 11.1. The zero-order valence-corrected chi connectivity index (χ0v) is 18.5. The van der Waals surface area contributed by atoms with Crippen molar-refractivity contribution in [2.45, 2.75) is 50.6 Å². The number of amides is 2. The zero-order valence-electron chi connectivity index (χ0n) is 18.5. The summed E-state index contributed by atoms with van der Waals surface area (Å²) < 4.78 is 0. The molecule has 2 aromatic rings. The molecule has 2 amide bonds. The van der Waals surface area contributed by atoms with Crippen molar-refractivity contribution in [3.8, 4) is 0 Å². The molecule has 0 aliphatic heterocycles. The normalized spacial score (nSPS) is 12.7. The van der Waals surface area contributed by atoms with E-state index in [0.29, 0.717) is 32.4 Å². The lowest BCUT2D eigenvalue weighted by Crippen LogP contribution is -2.52. The maximum Gasteiger partial charge on any atom is 0.242 e. The van der Waals surface area contributed by atoms with Crippen LogP contribution < -0.4 is 16.8 Å². The standard InChI is InChI=1S/C25H36N4O2/c1-29(25(31)22(27)17-16-21-12-6-3-7-13-21)23(15-8-18-26)24(30)28-19-9-14-20-10-4-2-5-11-20/h2-7,10-13,22-23H,8-9,14-19,26-27H2,1H3,(H,28,30)/t22-,23-/m0/s1. The number of hydrogen-bond acceptors (Lipinski definition) is 4. The van der Waals surface area contributed by atoms with Crippen LogP contribution in [0.15, 0.2) is 60.7 Å². The number of hydrogen-bond donors (Lipinski definition) is 3. The molecule has 0 saturated heterocycles. The molecule has 2 aromatic carbocycles. The molecule has 0 heterocycles. The van der Waals surface area contributed by atoms with E-state index in [1.54, 1.807) is 7.05 Å². The van der Waals surface area contributed by atoms with Crippen molar-refractivity contribution in [2.24, 2.45) is 11.5 Å². The number of carbonyl (C=O) groups is 2. The Hall–Kier alpha value is -2.70. The minimum atomic E-state index is -0.642. The van der Waals surface area contributed by atoms with E-state index in [2.05, 4.69) is 17.4 Å². The van der Waals surface area contributed by atoms with Crippen molar-refractivity contribution >= 4 is 11.8 Å². The van der Waals surface area contributed by atoms with Crippen molar-refractivity contribution in [1.29, 1.82) is 0 Å². The van der Waals surface area contributed by atoms with Gasteiger partial charge < -0.3 is 21.7 Å². The van der Waals surface area contributed by atoms with Gasteiger partial charge in [0, 0.05) is 13.6 Å². The van der Waals surface area contributed by atoms with Gasteiger partial charge in [-0.05, 0) is 56.2 Å². The highest BCUT2D eigenvalue weighted by atomic mass is 16.2. The van der Waals surface area contributed by atoms with E-state index < -0.39 is 12.1 Å². The number of benzene rings is 2. The van der Waals surface area contributed by atoms with Crippen molar-refractivity contribution in [1.82, 2.24) is 10.2 Å². The SMILES string of the molecule is CN(C(=O)[C@@H](N)CCc1ccccc1)[C@@H](CCCN)C(=O)NCCCc1ccccc1. The van der Waals surface area contributed by atoms with Crippen LogP contribution in [-0.4, -0.2) is 48.9 Å². The second-order valence-corrected chi connectivity index (χ2v) is 7.91. The first kappa shape index (κ1) is 24.6.